The summed E-state index contributed by atoms with van der Waals surface area (Å²) < 4.78 is 0. The highest BCUT2D eigenvalue weighted by atomic mass is 16.1. The molecule has 0 bridgehead atoms. The van der Waals surface area contributed by atoms with Gasteiger partial charge in [-0.05, 0) is 23.6 Å². The van der Waals surface area contributed by atoms with Crippen LogP contribution in [0.3, 0.4) is 0 Å². The fourth-order valence-electron chi connectivity index (χ4n) is 3.86. The number of rotatable bonds is 9. The Balaban J connectivity index is 1.58. The lowest BCUT2D eigenvalue weighted by atomic mass is 10.1. The van der Waals surface area contributed by atoms with Gasteiger partial charge in [0.2, 0.25) is 5.91 Å². The van der Waals surface area contributed by atoms with Crippen LogP contribution in [0.25, 0.3) is 22.3 Å². The van der Waals surface area contributed by atoms with Gasteiger partial charge in [-0.2, -0.15) is 0 Å². The van der Waals surface area contributed by atoms with Crippen molar-refractivity contribution in [3.05, 3.63) is 90.5 Å². The first-order chi connectivity index (χ1) is 16.1. The zero-order valence-corrected chi connectivity index (χ0v) is 19.2. The van der Waals surface area contributed by atoms with Crippen molar-refractivity contribution in [3.63, 3.8) is 0 Å². The lowest BCUT2D eigenvalue weighted by Crippen LogP contribution is -2.34. The van der Waals surface area contributed by atoms with E-state index in [1.54, 1.807) is 0 Å². The zero-order valence-electron chi connectivity index (χ0n) is 19.2. The zero-order chi connectivity index (χ0) is 23.0. The average Bonchev–Trinajstić information content (AvgIpc) is 2.85. The number of para-hydroxylation sites is 1. The first-order valence-corrected chi connectivity index (χ1v) is 11.5. The van der Waals surface area contributed by atoms with E-state index >= 15 is 0 Å². The van der Waals surface area contributed by atoms with Crippen molar-refractivity contribution in [2.24, 2.45) is 5.92 Å². The molecule has 0 unspecified atom stereocenters. The SMILES string of the molecule is CC(C)CN(CCC(=O)NCc1ccccc1)c1nc(-c2ccccc2)nc2ccccc12. The van der Waals surface area contributed by atoms with Crippen molar-refractivity contribution in [1.82, 2.24) is 15.3 Å². The molecule has 33 heavy (non-hydrogen) atoms. The second kappa shape index (κ2) is 10.7. The van der Waals surface area contributed by atoms with Crippen LogP contribution in [0.5, 0.6) is 0 Å². The monoisotopic (exact) mass is 438 g/mol. The van der Waals surface area contributed by atoms with Gasteiger partial charge in [0.15, 0.2) is 5.82 Å². The predicted molar refractivity (Wildman–Crippen MR) is 135 cm³/mol. The number of nitrogens with one attached hydrogen (secondary N) is 1. The number of hydrogen-bond donors (Lipinski definition) is 1. The maximum atomic E-state index is 12.6. The van der Waals surface area contributed by atoms with E-state index < -0.39 is 0 Å². The second-order valence-corrected chi connectivity index (χ2v) is 8.61. The molecule has 3 aromatic carbocycles. The number of hydrogen-bond acceptors (Lipinski definition) is 4. The lowest BCUT2D eigenvalue weighted by molar-refractivity contribution is -0.121. The fraction of sp³-hybridized carbons (Fsp3) is 0.250. The highest BCUT2D eigenvalue weighted by Gasteiger charge is 2.17. The molecule has 5 heteroatoms. The van der Waals surface area contributed by atoms with Gasteiger partial charge >= 0.3 is 0 Å². The Morgan fingerprint density at radius 2 is 1.55 bits per heavy atom. The van der Waals surface area contributed by atoms with E-state index in [9.17, 15) is 4.79 Å². The van der Waals surface area contributed by atoms with Crippen LogP contribution in [0.15, 0.2) is 84.9 Å². The standard InChI is InChI=1S/C28H30N4O/c1-21(2)20-32(18-17-26(33)29-19-22-11-5-3-6-12-22)28-24-15-9-10-16-25(24)30-27(31-28)23-13-7-4-8-14-23/h3-16,21H,17-20H2,1-2H3,(H,29,33). The van der Waals surface area contributed by atoms with E-state index in [1.165, 1.54) is 0 Å². The molecule has 168 valence electrons. The van der Waals surface area contributed by atoms with E-state index in [0.717, 1.165) is 34.4 Å². The second-order valence-electron chi connectivity index (χ2n) is 8.61. The van der Waals surface area contributed by atoms with Gasteiger partial charge in [0, 0.05) is 37.0 Å². The molecule has 1 aromatic heterocycles. The molecule has 0 fully saturated rings. The number of amides is 1. The minimum atomic E-state index is 0.0363. The number of aromatic nitrogens is 2. The summed E-state index contributed by atoms with van der Waals surface area (Å²) in [5.74, 6) is 2.04. The Morgan fingerprint density at radius 3 is 2.27 bits per heavy atom. The minimum absolute atomic E-state index is 0.0363. The van der Waals surface area contributed by atoms with Crippen molar-refractivity contribution >= 4 is 22.6 Å². The molecule has 4 rings (SSSR count). The molecule has 0 saturated carbocycles. The summed E-state index contributed by atoms with van der Waals surface area (Å²) in [4.78, 5) is 24.6. The summed E-state index contributed by atoms with van der Waals surface area (Å²) in [6.07, 6.45) is 0.401. The number of anilines is 1. The molecule has 4 aromatic rings. The third-order valence-electron chi connectivity index (χ3n) is 5.44. The molecule has 0 spiro atoms. The van der Waals surface area contributed by atoms with Crippen LogP contribution in [0.4, 0.5) is 5.82 Å². The van der Waals surface area contributed by atoms with Gasteiger partial charge in [-0.1, -0.05) is 86.6 Å². The summed E-state index contributed by atoms with van der Waals surface area (Å²) >= 11 is 0. The van der Waals surface area contributed by atoms with Gasteiger partial charge in [-0.25, -0.2) is 9.97 Å². The van der Waals surface area contributed by atoms with Crippen LogP contribution < -0.4 is 10.2 Å². The molecule has 0 aliphatic heterocycles. The van der Waals surface area contributed by atoms with Crippen LogP contribution in [0, 0.1) is 5.92 Å². The molecule has 0 aliphatic rings. The smallest absolute Gasteiger partial charge is 0.222 e. The molecule has 5 nitrogen and oxygen atoms in total. The molecule has 0 radical (unpaired) electrons. The Morgan fingerprint density at radius 1 is 0.879 bits per heavy atom. The quantitative estimate of drug-likeness (QED) is 0.377. The maximum absolute atomic E-state index is 12.6. The largest absolute Gasteiger partial charge is 0.355 e. The van der Waals surface area contributed by atoms with Gasteiger partial charge in [0.05, 0.1) is 5.52 Å². The van der Waals surface area contributed by atoms with Gasteiger partial charge < -0.3 is 10.2 Å². The van der Waals surface area contributed by atoms with Crippen molar-refractivity contribution in [2.45, 2.75) is 26.8 Å². The summed E-state index contributed by atoms with van der Waals surface area (Å²) in [7, 11) is 0. The first kappa shape index (κ1) is 22.5. The maximum Gasteiger partial charge on any atom is 0.222 e. The van der Waals surface area contributed by atoms with Crippen LogP contribution in [-0.4, -0.2) is 29.0 Å². The van der Waals surface area contributed by atoms with Gasteiger partial charge in [0.1, 0.15) is 5.82 Å². The molecule has 0 saturated heterocycles. The first-order valence-electron chi connectivity index (χ1n) is 11.5. The minimum Gasteiger partial charge on any atom is -0.355 e. The highest BCUT2D eigenvalue weighted by molar-refractivity contribution is 5.91. The Bertz CT molecular complexity index is 1190. The number of carbonyl (C=O) groups is 1. The van der Waals surface area contributed by atoms with Crippen LogP contribution in [-0.2, 0) is 11.3 Å². The van der Waals surface area contributed by atoms with E-state index in [1.807, 2.05) is 78.9 Å². The summed E-state index contributed by atoms with van der Waals surface area (Å²) in [5, 5.41) is 4.04. The number of benzene rings is 3. The van der Waals surface area contributed by atoms with E-state index in [-0.39, 0.29) is 5.91 Å². The van der Waals surface area contributed by atoms with Gasteiger partial charge in [-0.15, -0.1) is 0 Å². The third-order valence-corrected chi connectivity index (χ3v) is 5.44. The molecule has 1 N–H and O–H groups in total. The molecule has 1 heterocycles. The predicted octanol–water partition coefficient (Wildman–Crippen LogP) is 5.47. The summed E-state index contributed by atoms with van der Waals surface area (Å²) in [6, 6.07) is 28.1. The van der Waals surface area contributed by atoms with Crippen molar-refractivity contribution in [1.29, 1.82) is 0 Å². The molecular weight excluding hydrogens is 408 g/mol. The number of carbonyl (C=O) groups excluding carboxylic acids is 1. The van der Waals surface area contributed by atoms with Crippen LogP contribution in [0.1, 0.15) is 25.8 Å². The number of nitrogens with zero attached hydrogens (tertiary/aromatic N) is 3. The highest BCUT2D eigenvalue weighted by Crippen LogP contribution is 2.28. The Hall–Kier alpha value is -3.73. The van der Waals surface area contributed by atoms with E-state index in [4.69, 9.17) is 9.97 Å². The number of fused-ring (bicyclic) bond motifs is 1. The molecule has 1 amide bonds. The summed E-state index contributed by atoms with van der Waals surface area (Å²) in [5.41, 5.74) is 2.98. The van der Waals surface area contributed by atoms with Gasteiger partial charge in [-0.3, -0.25) is 4.79 Å². The lowest BCUT2D eigenvalue weighted by Gasteiger charge is -2.27. The third kappa shape index (κ3) is 5.95. The summed E-state index contributed by atoms with van der Waals surface area (Å²) in [6.45, 7) is 6.31. The van der Waals surface area contributed by atoms with Crippen molar-refractivity contribution in [3.8, 4) is 11.4 Å². The fourth-order valence-corrected chi connectivity index (χ4v) is 3.86. The Kier molecular flexibility index (Phi) is 7.30. The average molecular weight is 439 g/mol. The Labute approximate surface area is 195 Å². The van der Waals surface area contributed by atoms with Crippen LogP contribution >= 0.6 is 0 Å². The normalized spacial score (nSPS) is 11.0. The molecule has 0 aliphatic carbocycles. The molecule has 0 atom stereocenters. The topological polar surface area (TPSA) is 58.1 Å². The van der Waals surface area contributed by atoms with Gasteiger partial charge in [0.25, 0.3) is 0 Å². The van der Waals surface area contributed by atoms with E-state index in [0.29, 0.717) is 31.3 Å². The van der Waals surface area contributed by atoms with Crippen molar-refractivity contribution < 1.29 is 4.79 Å². The van der Waals surface area contributed by atoms with Crippen LogP contribution in [0.2, 0.25) is 0 Å². The van der Waals surface area contributed by atoms with Crippen molar-refractivity contribution in [2.75, 3.05) is 18.0 Å². The molecular formula is C28H30N4O. The van der Waals surface area contributed by atoms with E-state index in [2.05, 4.69) is 30.1 Å².